The van der Waals surface area contributed by atoms with Gasteiger partial charge in [0, 0.05) is 18.9 Å². The summed E-state index contributed by atoms with van der Waals surface area (Å²) < 4.78 is 32.4. The monoisotopic (exact) mass is 216 g/mol. The quantitative estimate of drug-likeness (QED) is 0.640. The Morgan fingerprint density at radius 1 is 1.27 bits per heavy atom. The number of halogens is 2. The van der Waals surface area contributed by atoms with E-state index in [2.05, 4.69) is 0 Å². The van der Waals surface area contributed by atoms with Crippen LogP contribution in [0, 0.1) is 11.8 Å². The van der Waals surface area contributed by atoms with E-state index in [9.17, 15) is 8.78 Å². The second kappa shape index (κ2) is 5.40. The standard InChI is InChI=1S/C12H18F2O/c1-3-15-9-8-12(13,14)11-7-5-4-6-10(11)2/h4-7,10-11H,3,8-9H2,1-2H3. The van der Waals surface area contributed by atoms with Crippen molar-refractivity contribution in [3.8, 4) is 0 Å². The summed E-state index contributed by atoms with van der Waals surface area (Å²) in [6, 6.07) is 0. The normalized spacial score (nSPS) is 25.9. The molecule has 0 saturated carbocycles. The van der Waals surface area contributed by atoms with Gasteiger partial charge >= 0.3 is 0 Å². The van der Waals surface area contributed by atoms with Crippen LogP contribution in [0.1, 0.15) is 20.3 Å². The molecule has 0 aromatic carbocycles. The van der Waals surface area contributed by atoms with Crippen LogP contribution in [0.3, 0.4) is 0 Å². The molecule has 0 saturated heterocycles. The van der Waals surface area contributed by atoms with Crippen LogP contribution in [0.2, 0.25) is 0 Å². The maximum atomic E-state index is 13.7. The second-order valence-electron chi connectivity index (χ2n) is 3.86. The second-order valence-corrected chi connectivity index (χ2v) is 3.86. The van der Waals surface area contributed by atoms with Gasteiger partial charge in [0.25, 0.3) is 5.92 Å². The maximum Gasteiger partial charge on any atom is 0.257 e. The van der Waals surface area contributed by atoms with E-state index in [0.29, 0.717) is 6.61 Å². The molecule has 0 aromatic rings. The molecular weight excluding hydrogens is 198 g/mol. The lowest BCUT2D eigenvalue weighted by molar-refractivity contribution is -0.0757. The van der Waals surface area contributed by atoms with E-state index in [1.807, 2.05) is 26.0 Å². The average Bonchev–Trinajstić information content (AvgIpc) is 2.18. The van der Waals surface area contributed by atoms with Crippen LogP contribution >= 0.6 is 0 Å². The zero-order valence-corrected chi connectivity index (χ0v) is 9.25. The van der Waals surface area contributed by atoms with Crippen molar-refractivity contribution in [3.63, 3.8) is 0 Å². The molecule has 0 heterocycles. The van der Waals surface area contributed by atoms with E-state index >= 15 is 0 Å². The number of hydrogen-bond donors (Lipinski definition) is 0. The SMILES string of the molecule is CCOCCC(F)(F)C1C=CC=CC1C. The van der Waals surface area contributed by atoms with Gasteiger partial charge in [0.05, 0.1) is 6.61 Å². The minimum Gasteiger partial charge on any atom is -0.382 e. The van der Waals surface area contributed by atoms with Crippen LogP contribution in [0.4, 0.5) is 8.78 Å². The van der Waals surface area contributed by atoms with Gasteiger partial charge in [-0.25, -0.2) is 8.78 Å². The molecule has 0 aliphatic heterocycles. The van der Waals surface area contributed by atoms with Gasteiger partial charge in [-0.05, 0) is 12.8 Å². The van der Waals surface area contributed by atoms with Crippen molar-refractivity contribution < 1.29 is 13.5 Å². The highest BCUT2D eigenvalue weighted by atomic mass is 19.3. The van der Waals surface area contributed by atoms with Crippen LogP contribution in [0.5, 0.6) is 0 Å². The fraction of sp³-hybridized carbons (Fsp3) is 0.667. The molecule has 0 N–H and O–H groups in total. The number of allylic oxidation sites excluding steroid dienone is 4. The predicted molar refractivity (Wildman–Crippen MR) is 57.0 cm³/mol. The highest BCUT2D eigenvalue weighted by molar-refractivity contribution is 5.15. The van der Waals surface area contributed by atoms with Crippen molar-refractivity contribution in [1.82, 2.24) is 0 Å². The summed E-state index contributed by atoms with van der Waals surface area (Å²) >= 11 is 0. The molecule has 1 rings (SSSR count). The fourth-order valence-electron chi connectivity index (χ4n) is 1.76. The molecular formula is C12H18F2O. The molecule has 0 bridgehead atoms. The van der Waals surface area contributed by atoms with Crippen molar-refractivity contribution in [1.29, 1.82) is 0 Å². The van der Waals surface area contributed by atoms with E-state index in [1.165, 1.54) is 0 Å². The molecule has 0 radical (unpaired) electrons. The molecule has 1 aliphatic carbocycles. The Bertz CT molecular complexity index is 246. The molecule has 2 unspecified atom stereocenters. The summed E-state index contributed by atoms with van der Waals surface area (Å²) in [4.78, 5) is 0. The lowest BCUT2D eigenvalue weighted by atomic mass is 9.84. The lowest BCUT2D eigenvalue weighted by Crippen LogP contribution is -2.33. The Balaban J connectivity index is 2.52. The summed E-state index contributed by atoms with van der Waals surface area (Å²) in [7, 11) is 0. The van der Waals surface area contributed by atoms with Gasteiger partial charge in [0.2, 0.25) is 0 Å². The highest BCUT2D eigenvalue weighted by Crippen LogP contribution is 2.36. The Morgan fingerprint density at radius 3 is 2.53 bits per heavy atom. The van der Waals surface area contributed by atoms with Crippen molar-refractivity contribution >= 4 is 0 Å². The van der Waals surface area contributed by atoms with Crippen molar-refractivity contribution in [3.05, 3.63) is 24.3 Å². The fourth-order valence-corrected chi connectivity index (χ4v) is 1.76. The van der Waals surface area contributed by atoms with Crippen molar-refractivity contribution in [2.75, 3.05) is 13.2 Å². The predicted octanol–water partition coefficient (Wildman–Crippen LogP) is 3.43. The Hall–Kier alpha value is -0.700. The molecule has 0 fully saturated rings. The molecule has 0 aromatic heterocycles. The topological polar surface area (TPSA) is 9.23 Å². The van der Waals surface area contributed by atoms with Gasteiger partial charge in [0.15, 0.2) is 0 Å². The maximum absolute atomic E-state index is 13.7. The lowest BCUT2D eigenvalue weighted by Gasteiger charge is -2.29. The Kier molecular flexibility index (Phi) is 4.45. The smallest absolute Gasteiger partial charge is 0.257 e. The minimum absolute atomic E-state index is 0.105. The third-order valence-corrected chi connectivity index (χ3v) is 2.68. The molecule has 1 aliphatic rings. The molecule has 86 valence electrons. The summed E-state index contributed by atoms with van der Waals surface area (Å²) in [5, 5.41) is 0. The molecule has 0 amide bonds. The first-order chi connectivity index (χ1) is 7.08. The van der Waals surface area contributed by atoms with E-state index in [4.69, 9.17) is 4.74 Å². The minimum atomic E-state index is -2.67. The molecule has 1 nitrogen and oxygen atoms in total. The summed E-state index contributed by atoms with van der Waals surface area (Å²) in [6.07, 6.45) is 6.73. The molecule has 3 heteroatoms. The van der Waals surface area contributed by atoms with Crippen LogP contribution in [0.15, 0.2) is 24.3 Å². The first-order valence-electron chi connectivity index (χ1n) is 5.38. The van der Waals surface area contributed by atoms with E-state index in [-0.39, 0.29) is 18.9 Å². The van der Waals surface area contributed by atoms with Gasteiger partial charge in [-0.3, -0.25) is 0 Å². The van der Waals surface area contributed by atoms with E-state index < -0.39 is 11.8 Å². The number of ether oxygens (including phenoxy) is 1. The van der Waals surface area contributed by atoms with Gasteiger partial charge in [-0.15, -0.1) is 0 Å². The largest absolute Gasteiger partial charge is 0.382 e. The zero-order chi connectivity index (χ0) is 11.3. The Labute approximate surface area is 89.8 Å². The first kappa shape index (κ1) is 12.4. The molecule has 2 atom stereocenters. The Morgan fingerprint density at radius 2 is 1.93 bits per heavy atom. The number of hydrogen-bond acceptors (Lipinski definition) is 1. The highest BCUT2D eigenvalue weighted by Gasteiger charge is 2.40. The van der Waals surface area contributed by atoms with E-state index in [0.717, 1.165) is 0 Å². The van der Waals surface area contributed by atoms with Crippen LogP contribution in [-0.4, -0.2) is 19.1 Å². The average molecular weight is 216 g/mol. The number of rotatable bonds is 5. The third kappa shape index (κ3) is 3.42. The number of alkyl halides is 2. The van der Waals surface area contributed by atoms with Crippen LogP contribution in [0.25, 0.3) is 0 Å². The molecule has 15 heavy (non-hydrogen) atoms. The van der Waals surface area contributed by atoms with E-state index in [1.54, 1.807) is 12.2 Å². The van der Waals surface area contributed by atoms with Crippen molar-refractivity contribution in [2.24, 2.45) is 11.8 Å². The first-order valence-corrected chi connectivity index (χ1v) is 5.38. The zero-order valence-electron chi connectivity index (χ0n) is 9.25. The van der Waals surface area contributed by atoms with Gasteiger partial charge in [-0.2, -0.15) is 0 Å². The van der Waals surface area contributed by atoms with Gasteiger partial charge < -0.3 is 4.74 Å². The molecule has 0 spiro atoms. The van der Waals surface area contributed by atoms with Gasteiger partial charge in [0.1, 0.15) is 0 Å². The van der Waals surface area contributed by atoms with Crippen molar-refractivity contribution in [2.45, 2.75) is 26.2 Å². The summed E-state index contributed by atoms with van der Waals surface area (Å²) in [5.74, 6) is -3.47. The van der Waals surface area contributed by atoms with Crippen LogP contribution < -0.4 is 0 Å². The summed E-state index contributed by atoms with van der Waals surface area (Å²) in [6.45, 7) is 4.25. The third-order valence-electron chi connectivity index (χ3n) is 2.68. The van der Waals surface area contributed by atoms with Crippen LogP contribution in [-0.2, 0) is 4.74 Å². The van der Waals surface area contributed by atoms with Gasteiger partial charge in [-0.1, -0.05) is 31.2 Å². The summed E-state index contributed by atoms with van der Waals surface area (Å²) in [5.41, 5.74) is 0.